The summed E-state index contributed by atoms with van der Waals surface area (Å²) in [4.78, 5) is 1.00. The summed E-state index contributed by atoms with van der Waals surface area (Å²) in [5.41, 5.74) is 9.69. The molecule has 1 aliphatic rings. The van der Waals surface area contributed by atoms with Crippen LogP contribution in [0, 0.1) is 0 Å². The molecule has 1 fully saturated rings. The van der Waals surface area contributed by atoms with Gasteiger partial charge < -0.3 is 39.9 Å². The van der Waals surface area contributed by atoms with Crippen LogP contribution in [0.4, 0.5) is 0 Å². The standard InChI is InChI=1S/C12H24O6.2C2H5NS/c1-2-14-5-6-16-9-10-18-12-11-17-8-7-15-4-3-13-1;2*1-2(3)4/h1-12H2;2*1H3,(H2,3,4). The van der Waals surface area contributed by atoms with Gasteiger partial charge in [0.15, 0.2) is 0 Å². The zero-order valence-corrected chi connectivity index (χ0v) is 17.5. The molecule has 0 spiro atoms. The van der Waals surface area contributed by atoms with E-state index in [0.717, 1.165) is 0 Å². The molecule has 0 aromatic heterocycles. The normalized spacial score (nSPS) is 18.5. The van der Waals surface area contributed by atoms with E-state index in [9.17, 15) is 0 Å². The van der Waals surface area contributed by atoms with E-state index in [4.69, 9.17) is 39.9 Å². The van der Waals surface area contributed by atoms with Gasteiger partial charge in [0.05, 0.1) is 89.3 Å². The molecule has 8 nitrogen and oxygen atoms in total. The molecule has 0 unspecified atom stereocenters. The van der Waals surface area contributed by atoms with E-state index in [0.29, 0.717) is 89.3 Å². The van der Waals surface area contributed by atoms with E-state index in [1.807, 2.05) is 0 Å². The Bertz CT molecular complexity index is 230. The Morgan fingerprint density at radius 3 is 0.615 bits per heavy atom. The highest BCUT2D eigenvalue weighted by Crippen LogP contribution is 1.86. The maximum atomic E-state index is 5.33. The maximum Gasteiger partial charge on any atom is 0.0701 e. The summed E-state index contributed by atoms with van der Waals surface area (Å²) in [6.07, 6.45) is 0. The number of ether oxygens (including phenoxy) is 6. The second kappa shape index (κ2) is 24.5. The van der Waals surface area contributed by atoms with Crippen molar-refractivity contribution in [2.75, 3.05) is 79.3 Å². The van der Waals surface area contributed by atoms with E-state index < -0.39 is 0 Å². The van der Waals surface area contributed by atoms with Gasteiger partial charge in [0.1, 0.15) is 0 Å². The number of hydrogen-bond donors (Lipinski definition) is 2. The Labute approximate surface area is 167 Å². The topological polar surface area (TPSA) is 107 Å². The molecule has 0 aromatic rings. The zero-order valence-electron chi connectivity index (χ0n) is 15.9. The third kappa shape index (κ3) is 38.9. The summed E-state index contributed by atoms with van der Waals surface area (Å²) >= 11 is 8.63. The lowest BCUT2D eigenvalue weighted by Gasteiger charge is -2.09. The highest BCUT2D eigenvalue weighted by molar-refractivity contribution is 7.80. The highest BCUT2D eigenvalue weighted by atomic mass is 32.1. The first kappa shape index (κ1) is 27.8. The van der Waals surface area contributed by atoms with Crippen molar-refractivity contribution in [3.8, 4) is 0 Å². The molecular formula is C16H34N2O6S2. The van der Waals surface area contributed by atoms with Gasteiger partial charge in [0, 0.05) is 0 Å². The van der Waals surface area contributed by atoms with Gasteiger partial charge in [-0.25, -0.2) is 0 Å². The fraction of sp³-hybridized carbons (Fsp3) is 0.875. The van der Waals surface area contributed by atoms with Crippen LogP contribution in [0.5, 0.6) is 0 Å². The van der Waals surface area contributed by atoms with Gasteiger partial charge in [0.25, 0.3) is 0 Å². The second-order valence-corrected chi connectivity index (χ2v) is 6.18. The second-order valence-electron chi connectivity index (χ2n) is 4.90. The number of thiocarbonyl (C=S) groups is 2. The van der Waals surface area contributed by atoms with Crippen LogP contribution in [-0.4, -0.2) is 89.3 Å². The van der Waals surface area contributed by atoms with Gasteiger partial charge in [-0.2, -0.15) is 0 Å². The Hall–Kier alpha value is -0.460. The first-order chi connectivity index (χ1) is 12.5. The predicted octanol–water partition coefficient (Wildman–Crippen LogP) is 0.684. The summed E-state index contributed by atoms with van der Waals surface area (Å²) in [5, 5.41) is 0. The molecule has 0 saturated carbocycles. The van der Waals surface area contributed by atoms with Crippen molar-refractivity contribution in [3.63, 3.8) is 0 Å². The first-order valence-electron chi connectivity index (χ1n) is 8.45. The molecule has 0 radical (unpaired) electrons. The molecule has 156 valence electrons. The van der Waals surface area contributed by atoms with Gasteiger partial charge >= 0.3 is 0 Å². The summed E-state index contributed by atoms with van der Waals surface area (Å²) in [6.45, 7) is 10.4. The molecule has 1 rings (SSSR count). The summed E-state index contributed by atoms with van der Waals surface area (Å²) in [5.74, 6) is 0. The lowest BCUT2D eigenvalue weighted by Crippen LogP contribution is -2.16. The van der Waals surface area contributed by atoms with Gasteiger partial charge in [-0.3, -0.25) is 0 Å². The van der Waals surface area contributed by atoms with Crippen molar-refractivity contribution in [1.82, 2.24) is 0 Å². The minimum atomic E-state index is 0.500. The van der Waals surface area contributed by atoms with E-state index in [1.165, 1.54) is 0 Å². The average molecular weight is 415 g/mol. The monoisotopic (exact) mass is 414 g/mol. The van der Waals surface area contributed by atoms with E-state index in [1.54, 1.807) is 13.8 Å². The molecule has 1 aliphatic heterocycles. The molecule has 0 aliphatic carbocycles. The lowest BCUT2D eigenvalue weighted by atomic mass is 10.6. The van der Waals surface area contributed by atoms with Crippen LogP contribution in [0.25, 0.3) is 0 Å². The van der Waals surface area contributed by atoms with Crippen molar-refractivity contribution in [1.29, 1.82) is 0 Å². The number of hydrogen-bond acceptors (Lipinski definition) is 8. The van der Waals surface area contributed by atoms with Crippen LogP contribution < -0.4 is 11.5 Å². The SMILES string of the molecule is C1COCCOCCOCCOCCOCCO1.CC(N)=S.CC(N)=S. The molecular weight excluding hydrogens is 380 g/mol. The molecule has 1 heterocycles. The Kier molecular flexibility index (Phi) is 26.2. The van der Waals surface area contributed by atoms with Crippen LogP contribution in [0.3, 0.4) is 0 Å². The number of rotatable bonds is 0. The predicted molar refractivity (Wildman–Crippen MR) is 110 cm³/mol. The fourth-order valence-electron chi connectivity index (χ4n) is 1.32. The highest BCUT2D eigenvalue weighted by Gasteiger charge is 1.95. The molecule has 26 heavy (non-hydrogen) atoms. The zero-order chi connectivity index (χ0) is 19.9. The van der Waals surface area contributed by atoms with Crippen molar-refractivity contribution in [2.45, 2.75) is 13.8 Å². The molecule has 0 aromatic carbocycles. The van der Waals surface area contributed by atoms with Crippen molar-refractivity contribution in [3.05, 3.63) is 0 Å². The molecule has 4 N–H and O–H groups in total. The summed E-state index contributed by atoms with van der Waals surface area (Å²) in [6, 6.07) is 0. The van der Waals surface area contributed by atoms with Gasteiger partial charge in [-0.05, 0) is 13.8 Å². The van der Waals surface area contributed by atoms with E-state index in [-0.39, 0.29) is 0 Å². The van der Waals surface area contributed by atoms with Crippen LogP contribution in [-0.2, 0) is 28.4 Å². The van der Waals surface area contributed by atoms with Crippen molar-refractivity contribution in [2.24, 2.45) is 11.5 Å². The quantitative estimate of drug-likeness (QED) is 0.550. The molecule has 0 atom stereocenters. The van der Waals surface area contributed by atoms with E-state index >= 15 is 0 Å². The van der Waals surface area contributed by atoms with Crippen LogP contribution in [0.1, 0.15) is 13.8 Å². The first-order valence-corrected chi connectivity index (χ1v) is 9.27. The summed E-state index contributed by atoms with van der Waals surface area (Å²) < 4.78 is 32.0. The fourth-order valence-corrected chi connectivity index (χ4v) is 1.32. The largest absolute Gasteiger partial charge is 0.394 e. The third-order valence-corrected chi connectivity index (χ3v) is 2.23. The average Bonchev–Trinajstić information content (AvgIpc) is 2.54. The van der Waals surface area contributed by atoms with Crippen LogP contribution in [0.15, 0.2) is 0 Å². The Morgan fingerprint density at radius 2 is 0.538 bits per heavy atom. The van der Waals surface area contributed by atoms with Crippen molar-refractivity contribution < 1.29 is 28.4 Å². The molecule has 10 heteroatoms. The van der Waals surface area contributed by atoms with Crippen molar-refractivity contribution >= 4 is 34.4 Å². The third-order valence-electron chi connectivity index (χ3n) is 2.23. The number of nitrogens with two attached hydrogens (primary N) is 2. The Balaban J connectivity index is 0. The molecule has 1 saturated heterocycles. The van der Waals surface area contributed by atoms with Crippen LogP contribution >= 0.6 is 24.4 Å². The Morgan fingerprint density at radius 1 is 0.462 bits per heavy atom. The minimum absolute atomic E-state index is 0.500. The smallest absolute Gasteiger partial charge is 0.0701 e. The van der Waals surface area contributed by atoms with Gasteiger partial charge in [-0.1, -0.05) is 24.4 Å². The summed E-state index contributed by atoms with van der Waals surface area (Å²) in [7, 11) is 0. The van der Waals surface area contributed by atoms with Crippen LogP contribution in [0.2, 0.25) is 0 Å². The van der Waals surface area contributed by atoms with Gasteiger partial charge in [-0.15, -0.1) is 0 Å². The van der Waals surface area contributed by atoms with Gasteiger partial charge in [0.2, 0.25) is 0 Å². The molecule has 0 amide bonds. The minimum Gasteiger partial charge on any atom is -0.394 e. The lowest BCUT2D eigenvalue weighted by molar-refractivity contribution is -0.0334. The maximum absolute atomic E-state index is 5.33. The molecule has 0 bridgehead atoms. The van der Waals surface area contributed by atoms with E-state index in [2.05, 4.69) is 24.4 Å².